The van der Waals surface area contributed by atoms with Gasteiger partial charge in [-0.3, -0.25) is 0 Å². The van der Waals surface area contributed by atoms with Crippen LogP contribution in [0.2, 0.25) is 0 Å². The molecule has 0 amide bonds. The van der Waals surface area contributed by atoms with Crippen molar-refractivity contribution in [1.82, 2.24) is 19.5 Å². The van der Waals surface area contributed by atoms with Gasteiger partial charge in [0.2, 0.25) is 0 Å². The highest BCUT2D eigenvalue weighted by Crippen LogP contribution is 2.43. The molecule has 0 radical (unpaired) electrons. The number of fused-ring (bicyclic) bond motifs is 12. The van der Waals surface area contributed by atoms with Gasteiger partial charge >= 0.3 is 0 Å². The van der Waals surface area contributed by atoms with Crippen LogP contribution < -0.4 is 0 Å². The predicted octanol–water partition coefficient (Wildman–Crippen LogP) is 17.5. The molecular formula is C63H36N4O2S. The third-order valence-corrected chi connectivity index (χ3v) is 15.1. The Bertz CT molecular complexity index is 4620. The molecule has 326 valence electrons. The summed E-state index contributed by atoms with van der Waals surface area (Å²) in [5, 5.41) is 8.86. The molecule has 0 spiro atoms. The molecule has 5 aromatic heterocycles. The average Bonchev–Trinajstić information content (AvgIpc) is 4.19. The highest BCUT2D eigenvalue weighted by Gasteiger charge is 2.22. The number of benzene rings is 10. The Labute approximate surface area is 404 Å². The smallest absolute Gasteiger partial charge is 0.165 e. The molecule has 0 saturated carbocycles. The number of thiophene rings is 1. The maximum absolute atomic E-state index is 6.64. The van der Waals surface area contributed by atoms with Crippen LogP contribution in [0.25, 0.3) is 148 Å². The number of para-hydroxylation sites is 2. The first kappa shape index (κ1) is 38.9. The van der Waals surface area contributed by atoms with Gasteiger partial charge in [0.1, 0.15) is 22.3 Å². The standard InChI is InChI=1S/C63H36N4O2S/c1-2-13-37(14-3-1)38-15-10-16-42(33-38)67-52-23-7-4-17-43(52)50-34-39(28-31-53(50)67)40-29-32-55-51(35-40)59-48(21-12-25-56(59)68-55)62-64-61(41-27-30-45-44-18-5-8-24-54(44)69-57(45)36-41)65-63(66-62)49-22-11-20-47-46-19-6-9-26-58(46)70-60(47)49/h1-36H. The zero-order valence-electron chi connectivity index (χ0n) is 37.3. The SMILES string of the molecule is c1ccc(-c2cccc(-n3c4ccccc4c4cc(-c5ccc6oc7cccc(-c8nc(-c9ccc%10c(c9)oc9ccccc9%10)nc(-c9cccc%10c9sc9ccccc9%10)n8)c7c6c5)ccc43)c2)cc1. The van der Waals surface area contributed by atoms with Crippen molar-refractivity contribution in [3.63, 3.8) is 0 Å². The van der Waals surface area contributed by atoms with Crippen LogP contribution in [0.15, 0.2) is 227 Å². The van der Waals surface area contributed by atoms with Gasteiger partial charge in [-0.15, -0.1) is 11.3 Å². The van der Waals surface area contributed by atoms with Gasteiger partial charge < -0.3 is 13.4 Å². The number of nitrogens with zero attached hydrogens (tertiary/aromatic N) is 4. The van der Waals surface area contributed by atoms with Gasteiger partial charge in [0.05, 0.1) is 11.0 Å². The predicted molar refractivity (Wildman–Crippen MR) is 289 cm³/mol. The molecule has 0 aliphatic carbocycles. The van der Waals surface area contributed by atoms with Crippen molar-refractivity contribution in [1.29, 1.82) is 0 Å². The second kappa shape index (κ2) is 15.2. The molecule has 0 bridgehead atoms. The van der Waals surface area contributed by atoms with Crippen molar-refractivity contribution >= 4 is 97.2 Å². The quantitative estimate of drug-likeness (QED) is 0.166. The van der Waals surface area contributed by atoms with E-state index < -0.39 is 0 Å². The van der Waals surface area contributed by atoms with Gasteiger partial charge in [-0.25, -0.2) is 15.0 Å². The Morgan fingerprint density at radius 1 is 0.329 bits per heavy atom. The van der Waals surface area contributed by atoms with Crippen LogP contribution in [0.3, 0.4) is 0 Å². The van der Waals surface area contributed by atoms with E-state index >= 15 is 0 Å². The third-order valence-electron chi connectivity index (χ3n) is 13.9. The van der Waals surface area contributed by atoms with E-state index in [-0.39, 0.29) is 0 Å². The second-order valence-electron chi connectivity index (χ2n) is 17.9. The third kappa shape index (κ3) is 6.02. The molecule has 0 unspecified atom stereocenters. The Kier molecular flexibility index (Phi) is 8.43. The Morgan fingerprint density at radius 2 is 0.929 bits per heavy atom. The fraction of sp³-hybridized carbons (Fsp3) is 0. The van der Waals surface area contributed by atoms with Gasteiger partial charge in [0.15, 0.2) is 17.5 Å². The Morgan fingerprint density at radius 3 is 1.84 bits per heavy atom. The van der Waals surface area contributed by atoms with Crippen LogP contribution in [0.5, 0.6) is 0 Å². The summed E-state index contributed by atoms with van der Waals surface area (Å²) in [6.07, 6.45) is 0. The molecule has 7 heteroatoms. The largest absolute Gasteiger partial charge is 0.456 e. The van der Waals surface area contributed by atoms with Crippen LogP contribution in [-0.2, 0) is 0 Å². The first-order valence-corrected chi connectivity index (χ1v) is 24.2. The molecule has 15 rings (SSSR count). The summed E-state index contributed by atoms with van der Waals surface area (Å²) < 4.78 is 17.8. The summed E-state index contributed by atoms with van der Waals surface area (Å²) in [6, 6.07) is 76.9. The summed E-state index contributed by atoms with van der Waals surface area (Å²) in [6.45, 7) is 0. The normalized spacial score (nSPS) is 12.0. The molecule has 0 atom stereocenters. The number of rotatable bonds is 6. The molecule has 0 aliphatic rings. The first-order valence-electron chi connectivity index (χ1n) is 23.4. The monoisotopic (exact) mass is 912 g/mol. The number of hydrogen-bond acceptors (Lipinski definition) is 6. The minimum absolute atomic E-state index is 0.560. The van der Waals surface area contributed by atoms with E-state index in [0.29, 0.717) is 17.5 Å². The van der Waals surface area contributed by atoms with E-state index in [1.54, 1.807) is 11.3 Å². The van der Waals surface area contributed by atoms with Crippen LogP contribution in [0.4, 0.5) is 0 Å². The summed E-state index contributed by atoms with van der Waals surface area (Å²) in [7, 11) is 0. The lowest BCUT2D eigenvalue weighted by atomic mass is 9.99. The van der Waals surface area contributed by atoms with E-state index in [4.69, 9.17) is 23.8 Å². The highest BCUT2D eigenvalue weighted by molar-refractivity contribution is 7.26. The van der Waals surface area contributed by atoms with Crippen molar-refractivity contribution in [2.75, 3.05) is 0 Å². The maximum Gasteiger partial charge on any atom is 0.165 e. The maximum atomic E-state index is 6.64. The van der Waals surface area contributed by atoms with Crippen molar-refractivity contribution in [3.8, 4) is 62.1 Å². The fourth-order valence-corrected chi connectivity index (χ4v) is 11.8. The molecular weight excluding hydrogens is 877 g/mol. The molecule has 0 N–H and O–H groups in total. The van der Waals surface area contributed by atoms with Gasteiger partial charge in [-0.05, 0) is 101 Å². The van der Waals surface area contributed by atoms with Crippen LogP contribution in [0.1, 0.15) is 0 Å². The summed E-state index contributed by atoms with van der Waals surface area (Å²) in [5.74, 6) is 1.73. The lowest BCUT2D eigenvalue weighted by molar-refractivity contribution is 0.668. The molecule has 6 nitrogen and oxygen atoms in total. The van der Waals surface area contributed by atoms with Crippen LogP contribution >= 0.6 is 11.3 Å². The van der Waals surface area contributed by atoms with E-state index in [1.165, 1.54) is 37.4 Å². The molecule has 5 heterocycles. The Hall–Kier alpha value is -9.17. The summed E-state index contributed by atoms with van der Waals surface area (Å²) >= 11 is 1.77. The lowest BCUT2D eigenvalue weighted by Crippen LogP contribution is -2.00. The van der Waals surface area contributed by atoms with E-state index in [9.17, 15) is 0 Å². The zero-order valence-corrected chi connectivity index (χ0v) is 38.1. The van der Waals surface area contributed by atoms with Crippen molar-refractivity contribution < 1.29 is 8.83 Å². The van der Waals surface area contributed by atoms with Crippen molar-refractivity contribution in [3.05, 3.63) is 218 Å². The highest BCUT2D eigenvalue weighted by atomic mass is 32.1. The number of furan rings is 2. The topological polar surface area (TPSA) is 69.9 Å². The second-order valence-corrected chi connectivity index (χ2v) is 18.9. The van der Waals surface area contributed by atoms with E-state index in [1.807, 2.05) is 30.3 Å². The minimum atomic E-state index is 0.560. The lowest BCUT2D eigenvalue weighted by Gasteiger charge is -2.11. The molecule has 0 fully saturated rings. The van der Waals surface area contributed by atoms with E-state index in [2.05, 4.69) is 193 Å². The van der Waals surface area contributed by atoms with Crippen LogP contribution in [0, 0.1) is 0 Å². The molecule has 70 heavy (non-hydrogen) atoms. The van der Waals surface area contributed by atoms with Gasteiger partial charge in [-0.1, -0.05) is 140 Å². The zero-order chi connectivity index (χ0) is 45.9. The molecule has 15 aromatic rings. The van der Waals surface area contributed by atoms with Gasteiger partial charge in [-0.2, -0.15) is 0 Å². The first-order chi connectivity index (χ1) is 34.7. The van der Waals surface area contributed by atoms with Crippen LogP contribution in [-0.4, -0.2) is 19.5 Å². The van der Waals surface area contributed by atoms with Crippen molar-refractivity contribution in [2.45, 2.75) is 0 Å². The Balaban J connectivity index is 0.904. The van der Waals surface area contributed by atoms with Crippen molar-refractivity contribution in [2.24, 2.45) is 0 Å². The fourth-order valence-electron chi connectivity index (χ4n) is 10.6. The summed E-state index contributed by atoms with van der Waals surface area (Å²) in [5.41, 5.74) is 13.9. The minimum Gasteiger partial charge on any atom is -0.456 e. The molecule has 0 saturated heterocycles. The summed E-state index contributed by atoms with van der Waals surface area (Å²) in [4.78, 5) is 15.9. The average molecular weight is 913 g/mol. The van der Waals surface area contributed by atoms with Gasteiger partial charge in [0, 0.05) is 74.9 Å². The molecule has 0 aliphatic heterocycles. The number of aromatic nitrogens is 4. The van der Waals surface area contributed by atoms with E-state index in [0.717, 1.165) is 93.1 Å². The number of hydrogen-bond donors (Lipinski definition) is 0. The molecule has 10 aromatic carbocycles. The van der Waals surface area contributed by atoms with Gasteiger partial charge in [0.25, 0.3) is 0 Å².